The Hall–Kier alpha value is -2.22. The third-order valence-corrected chi connectivity index (χ3v) is 5.71. The molecule has 3 rings (SSSR count). The molecule has 2 aromatic carbocycles. The summed E-state index contributed by atoms with van der Waals surface area (Å²) in [5.74, 6) is -0.281. The van der Waals surface area contributed by atoms with Crippen LogP contribution in [0.2, 0.25) is 0 Å². The normalized spacial score (nSPS) is 19.3. The molecule has 2 N–H and O–H groups in total. The van der Waals surface area contributed by atoms with Crippen molar-refractivity contribution < 1.29 is 22.5 Å². The molecule has 1 fully saturated rings. The minimum absolute atomic E-state index is 0.0202. The zero-order valence-electron chi connectivity index (χ0n) is 15.1. The van der Waals surface area contributed by atoms with Crippen molar-refractivity contribution in [1.82, 2.24) is 5.32 Å². The van der Waals surface area contributed by atoms with Crippen molar-refractivity contribution in [3.05, 3.63) is 65.2 Å². The van der Waals surface area contributed by atoms with Gasteiger partial charge in [-0.1, -0.05) is 42.5 Å². The van der Waals surface area contributed by atoms with Gasteiger partial charge in [0.15, 0.2) is 0 Å². The molecule has 7 heteroatoms. The molecule has 0 amide bonds. The van der Waals surface area contributed by atoms with Crippen LogP contribution in [-0.4, -0.2) is 31.5 Å². The van der Waals surface area contributed by atoms with Crippen LogP contribution in [-0.2, 0) is 26.3 Å². The SMILES string of the molecule is Cc1ccc(C2CC(NCC(=O)OCc3ccccc3)C2)c(S(=O)(=O)O)c1. The van der Waals surface area contributed by atoms with Crippen molar-refractivity contribution in [2.75, 3.05) is 6.54 Å². The second-order valence-electron chi connectivity index (χ2n) is 6.91. The van der Waals surface area contributed by atoms with Gasteiger partial charge in [0.2, 0.25) is 0 Å². The molecule has 1 saturated carbocycles. The molecule has 1 aliphatic rings. The molecule has 0 saturated heterocycles. The lowest BCUT2D eigenvalue weighted by molar-refractivity contribution is -0.144. The predicted octanol–water partition coefficient (Wildman–Crippen LogP) is 2.82. The van der Waals surface area contributed by atoms with Crippen LogP contribution in [0, 0.1) is 6.92 Å². The van der Waals surface area contributed by atoms with Gasteiger partial charge in [-0.05, 0) is 48.4 Å². The number of carbonyl (C=O) groups is 1. The van der Waals surface area contributed by atoms with Gasteiger partial charge in [0.1, 0.15) is 6.61 Å². The fraction of sp³-hybridized carbons (Fsp3) is 0.350. The van der Waals surface area contributed by atoms with E-state index in [1.54, 1.807) is 13.0 Å². The summed E-state index contributed by atoms with van der Waals surface area (Å²) in [6.45, 7) is 2.14. The Morgan fingerprint density at radius 3 is 2.56 bits per heavy atom. The number of hydrogen-bond acceptors (Lipinski definition) is 5. The molecular weight excluding hydrogens is 366 g/mol. The number of rotatable bonds is 7. The van der Waals surface area contributed by atoms with Gasteiger partial charge >= 0.3 is 5.97 Å². The first-order valence-corrected chi connectivity index (χ1v) is 10.3. The van der Waals surface area contributed by atoms with Crippen molar-refractivity contribution in [3.8, 4) is 0 Å². The third-order valence-electron chi connectivity index (χ3n) is 4.80. The first kappa shape index (κ1) is 19.5. The summed E-state index contributed by atoms with van der Waals surface area (Å²) in [6.07, 6.45) is 1.41. The van der Waals surface area contributed by atoms with Gasteiger partial charge in [-0.25, -0.2) is 0 Å². The predicted molar refractivity (Wildman–Crippen MR) is 101 cm³/mol. The summed E-state index contributed by atoms with van der Waals surface area (Å²) < 4.78 is 37.9. The van der Waals surface area contributed by atoms with E-state index in [1.165, 1.54) is 6.07 Å². The Morgan fingerprint density at radius 1 is 1.19 bits per heavy atom. The van der Waals surface area contributed by atoms with E-state index in [4.69, 9.17) is 4.74 Å². The van der Waals surface area contributed by atoms with E-state index in [9.17, 15) is 17.8 Å². The van der Waals surface area contributed by atoms with E-state index >= 15 is 0 Å². The molecule has 0 aromatic heterocycles. The van der Waals surface area contributed by atoms with Gasteiger partial charge < -0.3 is 10.1 Å². The second kappa shape index (κ2) is 8.21. The van der Waals surface area contributed by atoms with Crippen LogP contribution in [0.5, 0.6) is 0 Å². The summed E-state index contributed by atoms with van der Waals surface area (Å²) in [4.78, 5) is 11.8. The van der Waals surface area contributed by atoms with Gasteiger partial charge in [-0.2, -0.15) is 8.42 Å². The molecule has 0 aliphatic heterocycles. The maximum absolute atomic E-state index is 11.8. The number of benzene rings is 2. The average Bonchev–Trinajstić information content (AvgIpc) is 2.59. The summed E-state index contributed by atoms with van der Waals surface area (Å²) in [5, 5.41) is 3.14. The van der Waals surface area contributed by atoms with Gasteiger partial charge in [0.25, 0.3) is 10.1 Å². The van der Waals surface area contributed by atoms with Crippen molar-refractivity contribution in [1.29, 1.82) is 0 Å². The van der Waals surface area contributed by atoms with Crippen molar-refractivity contribution in [2.24, 2.45) is 0 Å². The van der Waals surface area contributed by atoms with E-state index in [0.29, 0.717) is 18.4 Å². The van der Waals surface area contributed by atoms with Gasteiger partial charge in [-0.3, -0.25) is 9.35 Å². The highest BCUT2D eigenvalue weighted by atomic mass is 32.2. The number of aryl methyl sites for hydroxylation is 1. The van der Waals surface area contributed by atoms with E-state index in [1.807, 2.05) is 36.4 Å². The number of carbonyl (C=O) groups excluding carboxylic acids is 1. The van der Waals surface area contributed by atoms with Gasteiger partial charge in [0.05, 0.1) is 11.4 Å². The lowest BCUT2D eigenvalue weighted by Crippen LogP contribution is -2.43. The molecule has 27 heavy (non-hydrogen) atoms. The number of ether oxygens (including phenoxy) is 1. The van der Waals surface area contributed by atoms with E-state index in [2.05, 4.69) is 5.32 Å². The maximum Gasteiger partial charge on any atom is 0.320 e. The van der Waals surface area contributed by atoms with E-state index < -0.39 is 10.1 Å². The molecule has 1 aliphatic carbocycles. The van der Waals surface area contributed by atoms with Crippen LogP contribution < -0.4 is 5.32 Å². The Kier molecular flexibility index (Phi) is 5.94. The molecule has 0 radical (unpaired) electrons. The Balaban J connectivity index is 1.47. The quantitative estimate of drug-likeness (QED) is 0.559. The second-order valence-corrected chi connectivity index (χ2v) is 8.30. The maximum atomic E-state index is 11.8. The average molecular weight is 389 g/mol. The minimum Gasteiger partial charge on any atom is -0.460 e. The summed E-state index contributed by atoms with van der Waals surface area (Å²) >= 11 is 0. The molecule has 0 unspecified atom stereocenters. The Morgan fingerprint density at radius 2 is 1.89 bits per heavy atom. The molecule has 0 heterocycles. The fourth-order valence-electron chi connectivity index (χ4n) is 3.26. The van der Waals surface area contributed by atoms with Gasteiger partial charge in [0, 0.05) is 6.04 Å². The number of nitrogens with one attached hydrogen (secondary N) is 1. The first-order chi connectivity index (χ1) is 12.8. The van der Waals surface area contributed by atoms with Crippen LogP contribution in [0.3, 0.4) is 0 Å². The molecule has 0 spiro atoms. The molecule has 0 atom stereocenters. The number of esters is 1. The Bertz CT molecular complexity index is 905. The summed E-state index contributed by atoms with van der Waals surface area (Å²) in [7, 11) is -4.25. The molecule has 2 aromatic rings. The summed E-state index contributed by atoms with van der Waals surface area (Å²) in [6, 6.07) is 14.7. The van der Waals surface area contributed by atoms with Crippen LogP contribution in [0.25, 0.3) is 0 Å². The standard InChI is InChI=1S/C20H23NO5S/c1-14-7-8-18(19(9-14)27(23,24)25)16-10-17(11-16)21-12-20(22)26-13-15-5-3-2-4-6-15/h2-9,16-17,21H,10-13H2,1H3,(H,23,24,25). The largest absolute Gasteiger partial charge is 0.460 e. The molecule has 6 nitrogen and oxygen atoms in total. The highest BCUT2D eigenvalue weighted by Crippen LogP contribution is 2.39. The lowest BCUT2D eigenvalue weighted by Gasteiger charge is -2.36. The molecule has 144 valence electrons. The van der Waals surface area contributed by atoms with Crippen LogP contribution >= 0.6 is 0 Å². The zero-order chi connectivity index (χ0) is 19.4. The van der Waals surface area contributed by atoms with Crippen LogP contribution in [0.1, 0.15) is 35.4 Å². The smallest absolute Gasteiger partial charge is 0.320 e. The zero-order valence-corrected chi connectivity index (χ0v) is 15.9. The highest BCUT2D eigenvalue weighted by molar-refractivity contribution is 7.85. The highest BCUT2D eigenvalue weighted by Gasteiger charge is 2.33. The first-order valence-electron chi connectivity index (χ1n) is 8.84. The van der Waals surface area contributed by atoms with Crippen molar-refractivity contribution >= 4 is 16.1 Å². The third kappa shape index (κ3) is 5.15. The summed E-state index contributed by atoms with van der Waals surface area (Å²) in [5.41, 5.74) is 2.35. The monoisotopic (exact) mass is 389 g/mol. The van der Waals surface area contributed by atoms with E-state index in [0.717, 1.165) is 11.1 Å². The van der Waals surface area contributed by atoms with Crippen LogP contribution in [0.4, 0.5) is 0 Å². The van der Waals surface area contributed by atoms with Crippen molar-refractivity contribution in [2.45, 2.75) is 43.2 Å². The van der Waals surface area contributed by atoms with Crippen molar-refractivity contribution in [3.63, 3.8) is 0 Å². The molecular formula is C20H23NO5S. The van der Waals surface area contributed by atoms with Crippen LogP contribution in [0.15, 0.2) is 53.4 Å². The van der Waals surface area contributed by atoms with Gasteiger partial charge in [-0.15, -0.1) is 0 Å². The Labute approximate surface area is 159 Å². The minimum atomic E-state index is -4.25. The molecule has 0 bridgehead atoms. The number of hydrogen-bond donors (Lipinski definition) is 2. The lowest BCUT2D eigenvalue weighted by atomic mass is 9.75. The van der Waals surface area contributed by atoms with E-state index in [-0.39, 0.29) is 36.0 Å². The fourth-order valence-corrected chi connectivity index (χ4v) is 4.12. The topological polar surface area (TPSA) is 92.7 Å².